The van der Waals surface area contributed by atoms with Crippen LogP contribution in [0.5, 0.6) is 0 Å². The third-order valence-electron chi connectivity index (χ3n) is 2.96. The van der Waals surface area contributed by atoms with Gasteiger partial charge in [-0.2, -0.15) is 0 Å². The Hall–Kier alpha value is -2.08. The number of carbonyl (C=O) groups is 2. The maximum atomic E-state index is 12.1. The van der Waals surface area contributed by atoms with E-state index < -0.39 is 0 Å². The van der Waals surface area contributed by atoms with Gasteiger partial charge in [0.05, 0.1) is 12.2 Å². The molecule has 0 fully saturated rings. The molecule has 5 nitrogen and oxygen atoms in total. The standard InChI is InChI=1S/C15H19N3O2S/c1-9(2)7-17-12(19)8-18-15(20)14-13(16)10-5-3-4-6-11(10)21-14/h3-6,9H,7-8,16H2,1-2H3,(H,17,19)(H,18,20). The van der Waals surface area contributed by atoms with E-state index in [1.165, 1.54) is 11.3 Å². The van der Waals surface area contributed by atoms with Crippen molar-refractivity contribution in [1.29, 1.82) is 0 Å². The Labute approximate surface area is 127 Å². The van der Waals surface area contributed by atoms with Crippen LogP contribution >= 0.6 is 11.3 Å². The lowest BCUT2D eigenvalue weighted by atomic mass is 10.2. The topological polar surface area (TPSA) is 84.2 Å². The summed E-state index contributed by atoms with van der Waals surface area (Å²) in [6, 6.07) is 7.58. The van der Waals surface area contributed by atoms with Gasteiger partial charge >= 0.3 is 0 Å². The van der Waals surface area contributed by atoms with E-state index in [1.54, 1.807) is 0 Å². The van der Waals surface area contributed by atoms with Gasteiger partial charge in [-0.15, -0.1) is 11.3 Å². The van der Waals surface area contributed by atoms with Crippen LogP contribution in [-0.2, 0) is 4.79 Å². The Morgan fingerprint density at radius 2 is 1.95 bits per heavy atom. The minimum atomic E-state index is -0.312. The molecule has 0 bridgehead atoms. The first-order chi connectivity index (χ1) is 9.99. The van der Waals surface area contributed by atoms with Gasteiger partial charge < -0.3 is 16.4 Å². The quantitative estimate of drug-likeness (QED) is 0.790. The van der Waals surface area contributed by atoms with Gasteiger partial charge in [-0.3, -0.25) is 9.59 Å². The molecular formula is C15H19N3O2S. The number of nitrogens with one attached hydrogen (secondary N) is 2. The summed E-state index contributed by atoms with van der Waals surface area (Å²) >= 11 is 1.33. The first-order valence-electron chi connectivity index (χ1n) is 6.81. The molecule has 1 aromatic heterocycles. The van der Waals surface area contributed by atoms with Gasteiger partial charge in [0.25, 0.3) is 5.91 Å². The highest BCUT2D eigenvalue weighted by Gasteiger charge is 2.16. The molecule has 1 aromatic carbocycles. The zero-order valence-electron chi connectivity index (χ0n) is 12.1. The van der Waals surface area contributed by atoms with Crippen molar-refractivity contribution < 1.29 is 9.59 Å². The fourth-order valence-corrected chi connectivity index (χ4v) is 2.89. The number of hydrogen-bond donors (Lipinski definition) is 3. The van der Waals surface area contributed by atoms with Gasteiger partial charge in [0.1, 0.15) is 4.88 Å². The molecule has 4 N–H and O–H groups in total. The van der Waals surface area contributed by atoms with Crippen molar-refractivity contribution >= 4 is 38.9 Å². The Balaban J connectivity index is 1.99. The fraction of sp³-hybridized carbons (Fsp3) is 0.333. The SMILES string of the molecule is CC(C)CNC(=O)CNC(=O)c1sc2ccccc2c1N. The molecule has 0 saturated heterocycles. The molecule has 1 heterocycles. The van der Waals surface area contributed by atoms with Crippen molar-refractivity contribution in [3.8, 4) is 0 Å². The molecule has 6 heteroatoms. The van der Waals surface area contributed by atoms with E-state index in [0.717, 1.165) is 10.1 Å². The summed E-state index contributed by atoms with van der Waals surface area (Å²) in [5.74, 6) is -0.131. The van der Waals surface area contributed by atoms with Crippen molar-refractivity contribution in [3.05, 3.63) is 29.1 Å². The van der Waals surface area contributed by atoms with Gasteiger partial charge in [0.15, 0.2) is 0 Å². The second kappa shape index (κ2) is 6.58. The summed E-state index contributed by atoms with van der Waals surface area (Å²) < 4.78 is 0.962. The van der Waals surface area contributed by atoms with Crippen LogP contribution in [0.3, 0.4) is 0 Å². The van der Waals surface area contributed by atoms with E-state index in [-0.39, 0.29) is 18.4 Å². The minimum Gasteiger partial charge on any atom is -0.397 e. The number of nitrogen functional groups attached to an aromatic ring is 1. The third-order valence-corrected chi connectivity index (χ3v) is 4.14. The summed E-state index contributed by atoms with van der Waals surface area (Å²) in [5, 5.41) is 6.22. The molecule has 0 atom stereocenters. The molecule has 0 unspecified atom stereocenters. The number of anilines is 1. The molecule has 2 aromatic rings. The van der Waals surface area contributed by atoms with Crippen LogP contribution in [0.15, 0.2) is 24.3 Å². The molecule has 112 valence electrons. The van der Waals surface area contributed by atoms with Crippen LogP contribution in [0.25, 0.3) is 10.1 Å². The van der Waals surface area contributed by atoms with Gasteiger partial charge in [0, 0.05) is 16.6 Å². The molecule has 0 spiro atoms. The molecule has 0 aliphatic heterocycles. The largest absolute Gasteiger partial charge is 0.397 e. The van der Waals surface area contributed by atoms with E-state index in [2.05, 4.69) is 10.6 Å². The highest BCUT2D eigenvalue weighted by atomic mass is 32.1. The lowest BCUT2D eigenvalue weighted by molar-refractivity contribution is -0.120. The molecule has 21 heavy (non-hydrogen) atoms. The van der Waals surface area contributed by atoms with E-state index in [0.29, 0.717) is 23.0 Å². The number of fused-ring (bicyclic) bond motifs is 1. The third kappa shape index (κ3) is 3.72. The summed E-state index contributed by atoms with van der Waals surface area (Å²) in [5.41, 5.74) is 6.46. The van der Waals surface area contributed by atoms with Crippen LogP contribution in [0.4, 0.5) is 5.69 Å². The van der Waals surface area contributed by atoms with E-state index in [4.69, 9.17) is 5.73 Å². The van der Waals surface area contributed by atoms with Crippen molar-refractivity contribution in [3.63, 3.8) is 0 Å². The van der Waals surface area contributed by atoms with Gasteiger partial charge in [0.2, 0.25) is 5.91 Å². The molecule has 2 amide bonds. The number of nitrogens with two attached hydrogens (primary N) is 1. The molecule has 0 saturated carbocycles. The van der Waals surface area contributed by atoms with Crippen LogP contribution in [0.1, 0.15) is 23.5 Å². The van der Waals surface area contributed by atoms with E-state index in [1.807, 2.05) is 38.1 Å². The Kier molecular flexibility index (Phi) is 4.80. The molecule has 0 radical (unpaired) electrons. The van der Waals surface area contributed by atoms with E-state index in [9.17, 15) is 9.59 Å². The van der Waals surface area contributed by atoms with Gasteiger partial charge in [-0.1, -0.05) is 32.0 Å². The van der Waals surface area contributed by atoms with Gasteiger partial charge in [-0.05, 0) is 12.0 Å². The van der Waals surface area contributed by atoms with Gasteiger partial charge in [-0.25, -0.2) is 0 Å². The first kappa shape index (κ1) is 15.3. The predicted molar refractivity (Wildman–Crippen MR) is 86.4 cm³/mol. The van der Waals surface area contributed by atoms with Crippen LogP contribution in [-0.4, -0.2) is 24.9 Å². The molecular weight excluding hydrogens is 286 g/mol. The molecule has 2 rings (SSSR count). The first-order valence-corrected chi connectivity index (χ1v) is 7.62. The summed E-state index contributed by atoms with van der Waals surface area (Å²) in [6.45, 7) is 4.58. The Morgan fingerprint density at radius 1 is 1.24 bits per heavy atom. The van der Waals surface area contributed by atoms with E-state index >= 15 is 0 Å². The molecule has 0 aliphatic carbocycles. The second-order valence-corrected chi connectivity index (χ2v) is 6.27. The number of amides is 2. The summed E-state index contributed by atoms with van der Waals surface area (Å²) in [7, 11) is 0. The van der Waals surface area contributed by atoms with Crippen molar-refractivity contribution in [1.82, 2.24) is 10.6 Å². The maximum Gasteiger partial charge on any atom is 0.263 e. The predicted octanol–water partition coefficient (Wildman–Crippen LogP) is 1.99. The zero-order valence-corrected chi connectivity index (χ0v) is 12.9. The highest BCUT2D eigenvalue weighted by Crippen LogP contribution is 2.33. The highest BCUT2D eigenvalue weighted by molar-refractivity contribution is 7.21. The number of benzene rings is 1. The summed E-state index contributed by atoms with van der Waals surface area (Å²) in [4.78, 5) is 24.2. The Bertz CT molecular complexity index is 664. The minimum absolute atomic E-state index is 0.0424. The lowest BCUT2D eigenvalue weighted by Crippen LogP contribution is -2.38. The van der Waals surface area contributed by atoms with Crippen LogP contribution in [0, 0.1) is 5.92 Å². The average molecular weight is 305 g/mol. The monoisotopic (exact) mass is 305 g/mol. The normalized spacial score (nSPS) is 10.8. The van der Waals surface area contributed by atoms with Crippen molar-refractivity contribution in [2.45, 2.75) is 13.8 Å². The maximum absolute atomic E-state index is 12.1. The Morgan fingerprint density at radius 3 is 2.62 bits per heavy atom. The molecule has 0 aliphatic rings. The average Bonchev–Trinajstić information content (AvgIpc) is 2.80. The van der Waals surface area contributed by atoms with Crippen molar-refractivity contribution in [2.75, 3.05) is 18.8 Å². The number of hydrogen-bond acceptors (Lipinski definition) is 4. The van der Waals surface area contributed by atoms with Crippen molar-refractivity contribution in [2.24, 2.45) is 5.92 Å². The number of thiophene rings is 1. The number of carbonyl (C=O) groups excluding carboxylic acids is 2. The fourth-order valence-electron chi connectivity index (χ4n) is 1.86. The number of rotatable bonds is 5. The smallest absolute Gasteiger partial charge is 0.263 e. The van der Waals surface area contributed by atoms with Crippen LogP contribution < -0.4 is 16.4 Å². The van der Waals surface area contributed by atoms with Crippen LogP contribution in [0.2, 0.25) is 0 Å². The zero-order chi connectivity index (χ0) is 15.4. The second-order valence-electron chi connectivity index (χ2n) is 5.22. The lowest BCUT2D eigenvalue weighted by Gasteiger charge is -2.08. The summed E-state index contributed by atoms with van der Waals surface area (Å²) in [6.07, 6.45) is 0.